The Labute approximate surface area is 133 Å². The molecule has 1 atom stereocenters. The Bertz CT molecular complexity index is 826. The van der Waals surface area contributed by atoms with Crippen LogP contribution in [0.4, 0.5) is 0 Å². The van der Waals surface area contributed by atoms with Crippen LogP contribution in [0, 0.1) is 6.92 Å². The highest BCUT2D eigenvalue weighted by molar-refractivity contribution is 5.83. The standard InChI is InChI=1S/C16H19N5O2/c1-11-2-3-12-7-13(8-17-9-14-10-22-4-5-23-14)16-18-19-20-21(16)15(12)6-11/h2-3,6-7,14,17H,4-5,8-10H2,1H3/t14-/m1/s1. The zero-order valence-corrected chi connectivity index (χ0v) is 13.0. The van der Waals surface area contributed by atoms with E-state index in [0.717, 1.165) is 28.7 Å². The van der Waals surface area contributed by atoms with Crippen molar-refractivity contribution in [2.45, 2.75) is 19.6 Å². The second kappa shape index (κ2) is 6.19. The van der Waals surface area contributed by atoms with E-state index in [4.69, 9.17) is 9.47 Å². The molecule has 1 aliphatic heterocycles. The van der Waals surface area contributed by atoms with Crippen LogP contribution in [0.2, 0.25) is 0 Å². The number of ether oxygens (including phenoxy) is 2. The molecule has 0 radical (unpaired) electrons. The van der Waals surface area contributed by atoms with Gasteiger partial charge in [0.15, 0.2) is 5.65 Å². The number of nitrogens with one attached hydrogen (secondary N) is 1. The quantitative estimate of drug-likeness (QED) is 0.777. The Hall–Kier alpha value is -2.09. The van der Waals surface area contributed by atoms with E-state index in [2.05, 4.69) is 52.0 Å². The fraction of sp³-hybridized carbons (Fsp3) is 0.438. The minimum atomic E-state index is 0.110. The molecule has 1 saturated heterocycles. The largest absolute Gasteiger partial charge is 0.376 e. The molecule has 0 spiro atoms. The second-order valence-electron chi connectivity index (χ2n) is 5.84. The molecule has 1 fully saturated rings. The second-order valence-corrected chi connectivity index (χ2v) is 5.84. The SMILES string of the molecule is Cc1ccc2cc(CNC[C@@H]3COCCO3)c3nnnn3c2c1. The minimum absolute atomic E-state index is 0.110. The summed E-state index contributed by atoms with van der Waals surface area (Å²) in [4.78, 5) is 0. The van der Waals surface area contributed by atoms with Crippen molar-refractivity contribution in [3.8, 4) is 0 Å². The van der Waals surface area contributed by atoms with E-state index < -0.39 is 0 Å². The summed E-state index contributed by atoms with van der Waals surface area (Å²) in [6.07, 6.45) is 0.110. The van der Waals surface area contributed by atoms with E-state index in [0.29, 0.717) is 26.4 Å². The predicted octanol–water partition coefficient (Wildman–Crippen LogP) is 1.09. The lowest BCUT2D eigenvalue weighted by atomic mass is 10.1. The molecule has 1 N–H and O–H groups in total. The lowest BCUT2D eigenvalue weighted by Crippen LogP contribution is -2.37. The molecular weight excluding hydrogens is 294 g/mol. The van der Waals surface area contributed by atoms with Gasteiger partial charge in [-0.2, -0.15) is 4.52 Å². The Balaban J connectivity index is 1.58. The number of hydrogen-bond acceptors (Lipinski definition) is 6. The molecule has 2 aromatic heterocycles. The lowest BCUT2D eigenvalue weighted by Gasteiger charge is -2.23. The fourth-order valence-corrected chi connectivity index (χ4v) is 2.91. The molecule has 7 nitrogen and oxygen atoms in total. The molecular formula is C16H19N5O2. The molecule has 0 unspecified atom stereocenters. The topological polar surface area (TPSA) is 73.6 Å². The molecule has 0 bridgehead atoms. The van der Waals surface area contributed by atoms with E-state index in [-0.39, 0.29) is 6.10 Å². The third-order valence-corrected chi connectivity index (χ3v) is 4.07. The molecule has 0 aliphatic carbocycles. The van der Waals surface area contributed by atoms with Crippen molar-refractivity contribution in [2.75, 3.05) is 26.4 Å². The summed E-state index contributed by atoms with van der Waals surface area (Å²) in [5.74, 6) is 0. The molecule has 120 valence electrons. The first-order valence-corrected chi connectivity index (χ1v) is 7.82. The number of aromatic nitrogens is 4. The minimum Gasteiger partial charge on any atom is -0.376 e. The zero-order valence-electron chi connectivity index (χ0n) is 13.0. The van der Waals surface area contributed by atoms with Crippen molar-refractivity contribution in [1.29, 1.82) is 0 Å². The zero-order chi connectivity index (χ0) is 15.6. The van der Waals surface area contributed by atoms with Crippen LogP contribution in [0.15, 0.2) is 24.3 Å². The summed E-state index contributed by atoms with van der Waals surface area (Å²) in [6.45, 7) is 5.50. The Morgan fingerprint density at radius 3 is 3.13 bits per heavy atom. The molecule has 23 heavy (non-hydrogen) atoms. The van der Waals surface area contributed by atoms with E-state index in [9.17, 15) is 0 Å². The molecule has 0 amide bonds. The summed E-state index contributed by atoms with van der Waals surface area (Å²) < 4.78 is 12.9. The average Bonchev–Trinajstić information content (AvgIpc) is 3.06. The lowest BCUT2D eigenvalue weighted by molar-refractivity contribution is -0.0864. The maximum absolute atomic E-state index is 5.64. The van der Waals surface area contributed by atoms with Gasteiger partial charge < -0.3 is 14.8 Å². The van der Waals surface area contributed by atoms with Gasteiger partial charge in [-0.05, 0) is 35.0 Å². The number of rotatable bonds is 4. The highest BCUT2D eigenvalue weighted by Crippen LogP contribution is 2.20. The molecule has 1 aliphatic rings. The van der Waals surface area contributed by atoms with Gasteiger partial charge >= 0.3 is 0 Å². The van der Waals surface area contributed by atoms with E-state index in [1.807, 2.05) is 0 Å². The van der Waals surface area contributed by atoms with Crippen LogP contribution in [0.3, 0.4) is 0 Å². The number of aryl methyl sites for hydroxylation is 1. The van der Waals surface area contributed by atoms with Gasteiger partial charge in [-0.25, -0.2) is 0 Å². The van der Waals surface area contributed by atoms with Gasteiger partial charge in [0.05, 0.1) is 31.4 Å². The average molecular weight is 313 g/mol. The van der Waals surface area contributed by atoms with Gasteiger partial charge in [0, 0.05) is 24.0 Å². The first-order chi connectivity index (χ1) is 11.3. The van der Waals surface area contributed by atoms with Crippen molar-refractivity contribution in [1.82, 2.24) is 25.4 Å². The predicted molar refractivity (Wildman–Crippen MR) is 85.3 cm³/mol. The molecule has 3 aromatic rings. The summed E-state index contributed by atoms with van der Waals surface area (Å²) in [5.41, 5.74) is 4.08. The third kappa shape index (κ3) is 2.90. The van der Waals surface area contributed by atoms with Gasteiger partial charge in [0.25, 0.3) is 0 Å². The smallest absolute Gasteiger partial charge is 0.184 e. The van der Waals surface area contributed by atoms with Crippen molar-refractivity contribution in [3.05, 3.63) is 35.4 Å². The summed E-state index contributed by atoms with van der Waals surface area (Å²) in [6, 6.07) is 8.45. The van der Waals surface area contributed by atoms with Gasteiger partial charge in [0.2, 0.25) is 0 Å². The third-order valence-electron chi connectivity index (χ3n) is 4.07. The normalized spacial score (nSPS) is 18.7. The number of fused-ring (bicyclic) bond motifs is 3. The Kier molecular flexibility index (Phi) is 3.90. The maximum atomic E-state index is 5.64. The maximum Gasteiger partial charge on any atom is 0.184 e. The van der Waals surface area contributed by atoms with Gasteiger partial charge in [-0.1, -0.05) is 12.1 Å². The van der Waals surface area contributed by atoms with Gasteiger partial charge in [-0.15, -0.1) is 5.10 Å². The molecule has 3 heterocycles. The summed E-state index contributed by atoms with van der Waals surface area (Å²) in [5, 5.41) is 16.7. The van der Waals surface area contributed by atoms with Crippen LogP contribution in [0.25, 0.3) is 16.6 Å². The van der Waals surface area contributed by atoms with Crippen molar-refractivity contribution in [3.63, 3.8) is 0 Å². The number of tetrazole rings is 1. The van der Waals surface area contributed by atoms with Crippen molar-refractivity contribution in [2.24, 2.45) is 0 Å². The highest BCUT2D eigenvalue weighted by Gasteiger charge is 2.15. The summed E-state index contributed by atoms with van der Waals surface area (Å²) in [7, 11) is 0. The number of hydrogen-bond donors (Lipinski definition) is 1. The number of pyridine rings is 1. The molecule has 7 heteroatoms. The van der Waals surface area contributed by atoms with Gasteiger partial charge in [0.1, 0.15) is 0 Å². The first kappa shape index (κ1) is 14.5. The van der Waals surface area contributed by atoms with Crippen LogP contribution in [-0.4, -0.2) is 52.5 Å². The van der Waals surface area contributed by atoms with E-state index >= 15 is 0 Å². The number of nitrogens with zero attached hydrogens (tertiary/aromatic N) is 4. The Morgan fingerprint density at radius 2 is 2.26 bits per heavy atom. The van der Waals surface area contributed by atoms with Crippen molar-refractivity contribution < 1.29 is 9.47 Å². The number of benzene rings is 1. The van der Waals surface area contributed by atoms with Crippen LogP contribution in [0.5, 0.6) is 0 Å². The first-order valence-electron chi connectivity index (χ1n) is 7.82. The van der Waals surface area contributed by atoms with Crippen LogP contribution >= 0.6 is 0 Å². The van der Waals surface area contributed by atoms with Gasteiger partial charge in [-0.3, -0.25) is 0 Å². The van der Waals surface area contributed by atoms with Crippen LogP contribution in [0.1, 0.15) is 11.1 Å². The van der Waals surface area contributed by atoms with Crippen LogP contribution in [-0.2, 0) is 16.0 Å². The molecule has 4 rings (SSSR count). The Morgan fingerprint density at radius 1 is 1.30 bits per heavy atom. The highest BCUT2D eigenvalue weighted by atomic mass is 16.6. The van der Waals surface area contributed by atoms with Crippen LogP contribution < -0.4 is 5.32 Å². The summed E-state index contributed by atoms with van der Waals surface area (Å²) >= 11 is 0. The molecule has 0 saturated carbocycles. The van der Waals surface area contributed by atoms with E-state index in [1.54, 1.807) is 4.52 Å². The van der Waals surface area contributed by atoms with E-state index in [1.165, 1.54) is 5.56 Å². The monoisotopic (exact) mass is 313 g/mol. The van der Waals surface area contributed by atoms with Crippen molar-refractivity contribution >= 4 is 16.6 Å². The fourth-order valence-electron chi connectivity index (χ4n) is 2.91. The molecule has 1 aromatic carbocycles.